The molecule has 0 saturated carbocycles. The smallest absolute Gasteiger partial charge is 0.410 e. The third-order valence-electron chi connectivity index (χ3n) is 2.72. The number of nitrogens with zero attached hydrogens (tertiary/aromatic N) is 1. The van der Waals surface area contributed by atoms with Crippen molar-refractivity contribution in [3.05, 3.63) is 0 Å². The Balaban J connectivity index is 1.92. The molecule has 1 N–H and O–H groups in total. The van der Waals surface area contributed by atoms with Gasteiger partial charge in [-0.2, -0.15) is 0 Å². The van der Waals surface area contributed by atoms with E-state index in [2.05, 4.69) is 5.32 Å². The number of rotatable bonds is 1. The number of ether oxygens (including phenoxy) is 1. The maximum absolute atomic E-state index is 11.4. The van der Waals surface area contributed by atoms with Crippen molar-refractivity contribution in [2.75, 3.05) is 26.2 Å². The van der Waals surface area contributed by atoms with Gasteiger partial charge in [-0.05, 0) is 25.8 Å². The minimum atomic E-state index is -0.125. The van der Waals surface area contributed by atoms with Gasteiger partial charge in [0.25, 0.3) is 0 Å². The topological polar surface area (TPSA) is 41.6 Å². The van der Waals surface area contributed by atoms with Crippen molar-refractivity contribution in [2.24, 2.45) is 0 Å². The van der Waals surface area contributed by atoms with Crippen molar-refractivity contribution in [3.63, 3.8) is 0 Å². The molecule has 2 aliphatic rings. The van der Waals surface area contributed by atoms with Crippen LogP contribution in [0.2, 0.25) is 0 Å². The highest BCUT2D eigenvalue weighted by Crippen LogP contribution is 2.15. The molecule has 74 valence electrons. The molecule has 0 spiro atoms. The third kappa shape index (κ3) is 1.94. The normalized spacial score (nSPS) is 30.0. The summed E-state index contributed by atoms with van der Waals surface area (Å²) in [4.78, 5) is 13.2. The van der Waals surface area contributed by atoms with Crippen LogP contribution in [0.4, 0.5) is 4.79 Å². The molecule has 0 aromatic rings. The average molecular weight is 184 g/mol. The summed E-state index contributed by atoms with van der Waals surface area (Å²) in [6.07, 6.45) is 3.12. The summed E-state index contributed by atoms with van der Waals surface area (Å²) < 4.78 is 5.00. The molecule has 0 aliphatic carbocycles. The number of nitrogens with one attached hydrogen (secondary N) is 1. The van der Waals surface area contributed by atoms with Crippen molar-refractivity contribution in [3.8, 4) is 0 Å². The summed E-state index contributed by atoms with van der Waals surface area (Å²) in [5.74, 6) is 0. The number of hydrogen-bond acceptors (Lipinski definition) is 3. The van der Waals surface area contributed by atoms with Crippen molar-refractivity contribution in [1.29, 1.82) is 0 Å². The zero-order valence-corrected chi connectivity index (χ0v) is 7.79. The van der Waals surface area contributed by atoms with E-state index in [1.54, 1.807) is 0 Å². The summed E-state index contributed by atoms with van der Waals surface area (Å²) >= 11 is 0. The first-order valence-corrected chi connectivity index (χ1v) is 5.02. The number of hydrogen-bond donors (Lipinski definition) is 1. The van der Waals surface area contributed by atoms with Crippen LogP contribution in [0.3, 0.4) is 0 Å². The van der Waals surface area contributed by atoms with E-state index in [1.807, 2.05) is 4.90 Å². The standard InChI is InChI=1S/C9H16N2O2/c12-9-11(5-2-6-13-9)8-3-1-4-10-7-8/h8,10H,1-7H2. The Morgan fingerprint density at radius 2 is 2.38 bits per heavy atom. The van der Waals surface area contributed by atoms with Crippen LogP contribution in [-0.4, -0.2) is 43.3 Å². The third-order valence-corrected chi connectivity index (χ3v) is 2.72. The maximum Gasteiger partial charge on any atom is 0.410 e. The van der Waals surface area contributed by atoms with Gasteiger partial charge in [0.15, 0.2) is 0 Å². The number of carbonyl (C=O) groups excluding carboxylic acids is 1. The second-order valence-electron chi connectivity index (χ2n) is 3.66. The van der Waals surface area contributed by atoms with Crippen LogP contribution in [0.5, 0.6) is 0 Å². The van der Waals surface area contributed by atoms with Crippen LogP contribution in [0.15, 0.2) is 0 Å². The van der Waals surface area contributed by atoms with Gasteiger partial charge in [0, 0.05) is 19.1 Å². The predicted octanol–water partition coefficient (Wildman–Crippen LogP) is 0.581. The molecule has 2 fully saturated rings. The minimum absolute atomic E-state index is 0.125. The molecule has 1 unspecified atom stereocenters. The molecule has 2 saturated heterocycles. The van der Waals surface area contributed by atoms with Crippen molar-refractivity contribution in [2.45, 2.75) is 25.3 Å². The first-order chi connectivity index (χ1) is 6.38. The Kier molecular flexibility index (Phi) is 2.68. The van der Waals surface area contributed by atoms with E-state index in [-0.39, 0.29) is 6.09 Å². The van der Waals surface area contributed by atoms with Gasteiger partial charge in [0.05, 0.1) is 6.61 Å². The van der Waals surface area contributed by atoms with E-state index in [9.17, 15) is 4.79 Å². The Morgan fingerprint density at radius 1 is 1.46 bits per heavy atom. The molecule has 1 atom stereocenters. The monoisotopic (exact) mass is 184 g/mol. The zero-order valence-electron chi connectivity index (χ0n) is 7.79. The summed E-state index contributed by atoms with van der Waals surface area (Å²) in [6, 6.07) is 0.363. The van der Waals surface area contributed by atoms with Gasteiger partial charge in [-0.3, -0.25) is 0 Å². The van der Waals surface area contributed by atoms with E-state index >= 15 is 0 Å². The fourth-order valence-corrected chi connectivity index (χ4v) is 2.00. The van der Waals surface area contributed by atoms with Gasteiger partial charge in [0.1, 0.15) is 0 Å². The van der Waals surface area contributed by atoms with Gasteiger partial charge in [0.2, 0.25) is 0 Å². The number of cyclic esters (lactones) is 1. The molecule has 13 heavy (non-hydrogen) atoms. The van der Waals surface area contributed by atoms with Gasteiger partial charge in [-0.15, -0.1) is 0 Å². The van der Waals surface area contributed by atoms with Crippen LogP contribution < -0.4 is 5.32 Å². The lowest BCUT2D eigenvalue weighted by atomic mass is 10.1. The largest absolute Gasteiger partial charge is 0.449 e. The molecular formula is C9H16N2O2. The molecule has 0 bridgehead atoms. The zero-order chi connectivity index (χ0) is 9.10. The highest BCUT2D eigenvalue weighted by atomic mass is 16.6. The van der Waals surface area contributed by atoms with E-state index < -0.39 is 0 Å². The second kappa shape index (κ2) is 3.96. The van der Waals surface area contributed by atoms with Crippen LogP contribution in [-0.2, 0) is 4.74 Å². The molecule has 4 nitrogen and oxygen atoms in total. The molecule has 0 aromatic heterocycles. The van der Waals surface area contributed by atoms with Crippen LogP contribution >= 0.6 is 0 Å². The summed E-state index contributed by atoms with van der Waals surface area (Å²) in [5.41, 5.74) is 0. The number of piperidine rings is 1. The maximum atomic E-state index is 11.4. The first kappa shape index (κ1) is 8.81. The predicted molar refractivity (Wildman–Crippen MR) is 48.6 cm³/mol. The van der Waals surface area contributed by atoms with Crippen molar-refractivity contribution < 1.29 is 9.53 Å². The molecule has 0 aromatic carbocycles. The first-order valence-electron chi connectivity index (χ1n) is 5.02. The molecular weight excluding hydrogens is 168 g/mol. The number of carbonyl (C=O) groups is 1. The fraction of sp³-hybridized carbons (Fsp3) is 0.889. The van der Waals surface area contributed by atoms with Gasteiger partial charge in [-0.25, -0.2) is 4.79 Å². The summed E-state index contributed by atoms with van der Waals surface area (Å²) in [6.45, 7) is 3.47. The molecule has 1 amide bonds. The Hall–Kier alpha value is -0.770. The SMILES string of the molecule is O=C1OCCCN1C1CCCNC1. The van der Waals surface area contributed by atoms with Crippen LogP contribution in [0, 0.1) is 0 Å². The van der Waals surface area contributed by atoms with E-state index in [4.69, 9.17) is 4.74 Å². The van der Waals surface area contributed by atoms with Gasteiger partial charge < -0.3 is 15.0 Å². The molecule has 2 heterocycles. The summed E-state index contributed by atoms with van der Waals surface area (Å²) in [7, 11) is 0. The van der Waals surface area contributed by atoms with Crippen molar-refractivity contribution >= 4 is 6.09 Å². The lowest BCUT2D eigenvalue weighted by Gasteiger charge is -2.36. The van der Waals surface area contributed by atoms with E-state index in [0.717, 1.165) is 38.9 Å². The minimum Gasteiger partial charge on any atom is -0.449 e. The van der Waals surface area contributed by atoms with E-state index in [0.29, 0.717) is 12.6 Å². The molecule has 4 heteroatoms. The van der Waals surface area contributed by atoms with Crippen LogP contribution in [0.25, 0.3) is 0 Å². The Labute approximate surface area is 78.2 Å². The van der Waals surface area contributed by atoms with Gasteiger partial charge in [-0.1, -0.05) is 0 Å². The molecule has 0 radical (unpaired) electrons. The molecule has 2 rings (SSSR count). The fourth-order valence-electron chi connectivity index (χ4n) is 2.00. The summed E-state index contributed by atoms with van der Waals surface area (Å²) in [5, 5.41) is 3.30. The average Bonchev–Trinajstić information content (AvgIpc) is 2.20. The van der Waals surface area contributed by atoms with Gasteiger partial charge >= 0.3 is 6.09 Å². The lowest BCUT2D eigenvalue weighted by Crippen LogP contribution is -2.51. The van der Waals surface area contributed by atoms with Crippen LogP contribution in [0.1, 0.15) is 19.3 Å². The highest BCUT2D eigenvalue weighted by molar-refractivity contribution is 5.68. The number of amides is 1. The lowest BCUT2D eigenvalue weighted by molar-refractivity contribution is 0.0498. The molecule has 2 aliphatic heterocycles. The quantitative estimate of drug-likeness (QED) is 0.648. The Morgan fingerprint density at radius 3 is 3.08 bits per heavy atom. The van der Waals surface area contributed by atoms with Crippen molar-refractivity contribution in [1.82, 2.24) is 10.2 Å². The second-order valence-corrected chi connectivity index (χ2v) is 3.66. The van der Waals surface area contributed by atoms with E-state index in [1.165, 1.54) is 0 Å². The Bertz CT molecular complexity index is 190. The highest BCUT2D eigenvalue weighted by Gasteiger charge is 2.28.